The molecule has 1 atom stereocenters. The zero-order valence-electron chi connectivity index (χ0n) is 8.36. The van der Waals surface area contributed by atoms with E-state index in [1.165, 1.54) is 6.26 Å². The molecular formula is C9H13NO5. The van der Waals surface area contributed by atoms with E-state index < -0.39 is 17.9 Å². The van der Waals surface area contributed by atoms with E-state index in [0.717, 1.165) is 0 Å². The van der Waals surface area contributed by atoms with Crippen molar-refractivity contribution in [2.24, 2.45) is 0 Å². The van der Waals surface area contributed by atoms with E-state index in [0.29, 0.717) is 13.2 Å². The van der Waals surface area contributed by atoms with Crippen molar-refractivity contribution < 1.29 is 24.2 Å². The maximum Gasteiger partial charge on any atom is 0.305 e. The summed E-state index contributed by atoms with van der Waals surface area (Å²) in [5.74, 6) is -1.33. The summed E-state index contributed by atoms with van der Waals surface area (Å²) in [7, 11) is 0. The molecule has 1 amide bonds. The van der Waals surface area contributed by atoms with Crippen molar-refractivity contribution in [1.82, 2.24) is 5.32 Å². The first-order chi connectivity index (χ1) is 7.09. The minimum Gasteiger partial charge on any atom is -0.494 e. The molecule has 2 N–H and O–H groups in total. The largest absolute Gasteiger partial charge is 0.494 e. The Bertz CT molecular complexity index is 286. The topological polar surface area (TPSA) is 84.9 Å². The smallest absolute Gasteiger partial charge is 0.305 e. The minimum absolute atomic E-state index is 0.0819. The number of rotatable bonds is 4. The van der Waals surface area contributed by atoms with Gasteiger partial charge in [-0.15, -0.1) is 0 Å². The fourth-order valence-electron chi connectivity index (χ4n) is 1.10. The quantitative estimate of drug-likeness (QED) is 0.681. The van der Waals surface area contributed by atoms with Gasteiger partial charge in [-0.1, -0.05) is 0 Å². The molecule has 0 aromatic rings. The first kappa shape index (κ1) is 11.4. The van der Waals surface area contributed by atoms with E-state index in [2.05, 4.69) is 5.32 Å². The first-order valence-electron chi connectivity index (χ1n) is 4.57. The molecular weight excluding hydrogens is 202 g/mol. The number of amides is 1. The monoisotopic (exact) mass is 215 g/mol. The lowest BCUT2D eigenvalue weighted by Gasteiger charge is -2.17. The molecule has 1 heterocycles. The molecule has 0 saturated carbocycles. The molecule has 0 aromatic carbocycles. The van der Waals surface area contributed by atoms with E-state index >= 15 is 0 Å². The molecule has 0 saturated heterocycles. The Balaban J connectivity index is 2.40. The number of hydrogen-bond donors (Lipinski definition) is 2. The minimum atomic E-state index is -0.961. The van der Waals surface area contributed by atoms with Crippen molar-refractivity contribution in [2.45, 2.75) is 19.4 Å². The predicted molar refractivity (Wildman–Crippen MR) is 49.8 cm³/mol. The lowest BCUT2D eigenvalue weighted by molar-refractivity contribution is -0.137. The van der Waals surface area contributed by atoms with Gasteiger partial charge in [-0.2, -0.15) is 0 Å². The predicted octanol–water partition coefficient (Wildman–Crippen LogP) is -0.146. The Hall–Kier alpha value is -1.72. The Kier molecular flexibility index (Phi) is 3.96. The van der Waals surface area contributed by atoms with Crippen LogP contribution in [0.15, 0.2) is 12.0 Å². The molecule has 0 bridgehead atoms. The second-order valence-electron chi connectivity index (χ2n) is 3.17. The summed E-state index contributed by atoms with van der Waals surface area (Å²) in [5.41, 5.74) is 0. The maximum absolute atomic E-state index is 11.4. The SMILES string of the molecule is CC(CC(=O)O)NC(=O)C1=COCCO1. The van der Waals surface area contributed by atoms with E-state index in [9.17, 15) is 9.59 Å². The van der Waals surface area contributed by atoms with Gasteiger partial charge in [0.2, 0.25) is 5.76 Å². The van der Waals surface area contributed by atoms with E-state index in [4.69, 9.17) is 14.6 Å². The van der Waals surface area contributed by atoms with Gasteiger partial charge in [-0.3, -0.25) is 9.59 Å². The standard InChI is InChI=1S/C9H13NO5/c1-6(4-8(11)12)10-9(13)7-5-14-2-3-15-7/h5-6H,2-4H2,1H3,(H,10,13)(H,11,12). The van der Waals surface area contributed by atoms with Gasteiger partial charge in [-0.25, -0.2) is 0 Å². The lowest BCUT2D eigenvalue weighted by atomic mass is 10.2. The molecule has 1 unspecified atom stereocenters. The third-order valence-electron chi connectivity index (χ3n) is 1.73. The first-order valence-corrected chi connectivity index (χ1v) is 4.57. The zero-order valence-corrected chi connectivity index (χ0v) is 8.36. The molecule has 15 heavy (non-hydrogen) atoms. The van der Waals surface area contributed by atoms with Crippen LogP contribution in [0.2, 0.25) is 0 Å². The van der Waals surface area contributed by atoms with Gasteiger partial charge in [0, 0.05) is 6.04 Å². The van der Waals surface area contributed by atoms with Gasteiger partial charge in [-0.05, 0) is 6.92 Å². The number of nitrogens with one attached hydrogen (secondary N) is 1. The third kappa shape index (κ3) is 3.88. The fourth-order valence-corrected chi connectivity index (χ4v) is 1.10. The number of carboxylic acids is 1. The molecule has 1 rings (SSSR count). The van der Waals surface area contributed by atoms with Crippen molar-refractivity contribution in [1.29, 1.82) is 0 Å². The summed E-state index contributed by atoms with van der Waals surface area (Å²) < 4.78 is 9.92. The van der Waals surface area contributed by atoms with Crippen molar-refractivity contribution >= 4 is 11.9 Å². The Morgan fingerprint density at radius 3 is 2.87 bits per heavy atom. The van der Waals surface area contributed by atoms with Crippen molar-refractivity contribution in [2.75, 3.05) is 13.2 Å². The van der Waals surface area contributed by atoms with E-state index in [1.54, 1.807) is 6.92 Å². The van der Waals surface area contributed by atoms with Crippen LogP contribution in [-0.4, -0.2) is 36.2 Å². The van der Waals surface area contributed by atoms with Gasteiger partial charge in [0.05, 0.1) is 6.42 Å². The molecule has 0 aromatic heterocycles. The van der Waals surface area contributed by atoms with Crippen LogP contribution >= 0.6 is 0 Å². The second-order valence-corrected chi connectivity index (χ2v) is 3.17. The summed E-state index contributed by atoms with van der Waals surface area (Å²) in [5, 5.41) is 11.0. The van der Waals surface area contributed by atoms with Crippen LogP contribution in [0.5, 0.6) is 0 Å². The highest BCUT2D eigenvalue weighted by Crippen LogP contribution is 2.04. The van der Waals surface area contributed by atoms with Crippen LogP contribution in [0, 0.1) is 0 Å². The highest BCUT2D eigenvalue weighted by atomic mass is 16.6. The number of carbonyl (C=O) groups is 2. The highest BCUT2D eigenvalue weighted by molar-refractivity contribution is 5.91. The number of aliphatic carboxylic acids is 1. The second kappa shape index (κ2) is 5.23. The van der Waals surface area contributed by atoms with Crippen molar-refractivity contribution in [3.63, 3.8) is 0 Å². The van der Waals surface area contributed by atoms with E-state index in [-0.39, 0.29) is 12.2 Å². The van der Waals surface area contributed by atoms with Gasteiger partial charge in [0.15, 0.2) is 0 Å². The van der Waals surface area contributed by atoms with Gasteiger partial charge < -0.3 is 19.9 Å². The van der Waals surface area contributed by atoms with Gasteiger partial charge in [0.25, 0.3) is 5.91 Å². The molecule has 6 heteroatoms. The number of carbonyl (C=O) groups excluding carboxylic acids is 1. The third-order valence-corrected chi connectivity index (χ3v) is 1.73. The van der Waals surface area contributed by atoms with Gasteiger partial charge >= 0.3 is 5.97 Å². The molecule has 1 aliphatic heterocycles. The lowest BCUT2D eigenvalue weighted by Crippen LogP contribution is -2.36. The number of carboxylic acid groups (broad SMARTS) is 1. The molecule has 0 spiro atoms. The summed E-state index contributed by atoms with van der Waals surface area (Å²) in [6.07, 6.45) is 1.10. The van der Waals surface area contributed by atoms with Crippen LogP contribution in [0.4, 0.5) is 0 Å². The summed E-state index contributed by atoms with van der Waals surface area (Å²) in [4.78, 5) is 21.8. The fraction of sp³-hybridized carbons (Fsp3) is 0.556. The Morgan fingerprint density at radius 1 is 1.60 bits per heavy atom. The normalized spacial score (nSPS) is 16.7. The highest BCUT2D eigenvalue weighted by Gasteiger charge is 2.18. The average molecular weight is 215 g/mol. The maximum atomic E-state index is 11.4. The number of ether oxygens (including phenoxy) is 2. The molecule has 1 aliphatic rings. The van der Waals surface area contributed by atoms with Crippen LogP contribution in [0.1, 0.15) is 13.3 Å². The van der Waals surface area contributed by atoms with Crippen LogP contribution in [-0.2, 0) is 19.1 Å². The molecule has 0 radical (unpaired) electrons. The van der Waals surface area contributed by atoms with Crippen molar-refractivity contribution in [3.8, 4) is 0 Å². The van der Waals surface area contributed by atoms with Crippen LogP contribution < -0.4 is 5.32 Å². The van der Waals surface area contributed by atoms with Crippen molar-refractivity contribution in [3.05, 3.63) is 12.0 Å². The Morgan fingerprint density at radius 2 is 2.33 bits per heavy atom. The zero-order chi connectivity index (χ0) is 11.3. The number of hydrogen-bond acceptors (Lipinski definition) is 4. The Labute approximate surface area is 86.9 Å². The molecule has 0 aliphatic carbocycles. The van der Waals surface area contributed by atoms with Crippen LogP contribution in [0.3, 0.4) is 0 Å². The van der Waals surface area contributed by atoms with E-state index in [1.807, 2.05) is 0 Å². The summed E-state index contributed by atoms with van der Waals surface area (Å²) in [6.45, 7) is 2.35. The molecule has 6 nitrogen and oxygen atoms in total. The molecule has 84 valence electrons. The average Bonchev–Trinajstić information content (AvgIpc) is 2.17. The summed E-state index contributed by atoms with van der Waals surface area (Å²) in [6, 6.07) is -0.443. The molecule has 0 fully saturated rings. The summed E-state index contributed by atoms with van der Waals surface area (Å²) >= 11 is 0. The van der Waals surface area contributed by atoms with Crippen LogP contribution in [0.25, 0.3) is 0 Å². The van der Waals surface area contributed by atoms with Gasteiger partial charge in [0.1, 0.15) is 19.5 Å².